The second-order valence-corrected chi connectivity index (χ2v) is 5.42. The molecule has 1 fully saturated rings. The van der Waals surface area contributed by atoms with Crippen molar-refractivity contribution in [2.75, 3.05) is 26.7 Å². The zero-order valence-electron chi connectivity index (χ0n) is 11.8. The van der Waals surface area contributed by atoms with Gasteiger partial charge in [-0.1, -0.05) is 18.2 Å². The molecular weight excluding hydrogens is 256 g/mol. The van der Waals surface area contributed by atoms with E-state index in [2.05, 4.69) is 0 Å². The summed E-state index contributed by atoms with van der Waals surface area (Å²) in [5.41, 5.74) is 0.833. The molecule has 110 valence electrons. The van der Waals surface area contributed by atoms with Crippen LogP contribution in [0.25, 0.3) is 0 Å². The van der Waals surface area contributed by atoms with E-state index in [0.29, 0.717) is 26.1 Å². The first-order chi connectivity index (χ1) is 9.56. The molecule has 1 unspecified atom stereocenters. The smallest absolute Gasteiger partial charge is 0.222 e. The number of aromatic hydroxyl groups is 1. The number of likely N-dealkylation sites (N-methyl/N-ethyl adjacent to an activating group) is 1. The van der Waals surface area contributed by atoms with Crippen molar-refractivity contribution in [3.05, 3.63) is 29.8 Å². The zero-order valence-corrected chi connectivity index (χ0v) is 11.8. The van der Waals surface area contributed by atoms with E-state index >= 15 is 0 Å². The molecule has 1 aliphatic rings. The largest absolute Gasteiger partial charge is 0.508 e. The second-order valence-electron chi connectivity index (χ2n) is 5.42. The molecule has 0 bridgehead atoms. The normalized spacial score (nSPS) is 16.9. The molecule has 2 rings (SSSR count). The van der Waals surface area contributed by atoms with Crippen molar-refractivity contribution in [3.8, 4) is 5.75 Å². The quantitative estimate of drug-likeness (QED) is 0.808. The lowest BCUT2D eigenvalue weighted by atomic mass is 10.2. The number of phenols is 1. The number of nitrogens with zero attached hydrogens (tertiary/aromatic N) is 2. The number of β-amino-alcohol motifs (C(OH)–C–C–N with tert-alkyl or cyclic N) is 1. The van der Waals surface area contributed by atoms with Crippen molar-refractivity contribution in [1.29, 1.82) is 0 Å². The highest BCUT2D eigenvalue weighted by molar-refractivity contribution is 5.78. The molecule has 1 atom stereocenters. The van der Waals surface area contributed by atoms with Gasteiger partial charge in [-0.3, -0.25) is 9.69 Å². The summed E-state index contributed by atoms with van der Waals surface area (Å²) in [6, 6.07) is 7.18. The summed E-state index contributed by atoms with van der Waals surface area (Å²) >= 11 is 0. The van der Waals surface area contributed by atoms with Crippen LogP contribution in [0.2, 0.25) is 0 Å². The summed E-state index contributed by atoms with van der Waals surface area (Å²) in [7, 11) is 1.89. The lowest BCUT2D eigenvalue weighted by Crippen LogP contribution is -2.39. The fourth-order valence-electron chi connectivity index (χ4n) is 2.57. The number of hydrogen-bond donors (Lipinski definition) is 2. The van der Waals surface area contributed by atoms with Crippen LogP contribution in [0, 0.1) is 0 Å². The molecule has 1 aliphatic heterocycles. The Morgan fingerprint density at radius 3 is 2.80 bits per heavy atom. The Balaban J connectivity index is 1.80. The van der Waals surface area contributed by atoms with Crippen LogP contribution in [0.4, 0.5) is 0 Å². The van der Waals surface area contributed by atoms with Gasteiger partial charge in [-0.15, -0.1) is 0 Å². The van der Waals surface area contributed by atoms with Crippen molar-refractivity contribution < 1.29 is 15.0 Å². The number of amides is 1. The van der Waals surface area contributed by atoms with E-state index < -0.39 is 6.10 Å². The Kier molecular flexibility index (Phi) is 4.98. The van der Waals surface area contributed by atoms with Crippen molar-refractivity contribution in [3.63, 3.8) is 0 Å². The Hall–Kier alpha value is -1.59. The van der Waals surface area contributed by atoms with Crippen LogP contribution in [0.15, 0.2) is 24.3 Å². The van der Waals surface area contributed by atoms with Gasteiger partial charge in [-0.25, -0.2) is 0 Å². The van der Waals surface area contributed by atoms with E-state index in [-0.39, 0.29) is 11.7 Å². The summed E-state index contributed by atoms with van der Waals surface area (Å²) < 4.78 is 0. The van der Waals surface area contributed by atoms with Gasteiger partial charge in [0.2, 0.25) is 5.91 Å². The molecule has 1 saturated heterocycles. The number of aliphatic hydroxyl groups excluding tert-OH is 1. The number of para-hydroxylation sites is 1. The van der Waals surface area contributed by atoms with Gasteiger partial charge < -0.3 is 15.1 Å². The number of carbonyl (C=O) groups excluding carboxylic acids is 1. The minimum Gasteiger partial charge on any atom is -0.508 e. The molecular formula is C15H22N2O3. The Morgan fingerprint density at radius 2 is 2.15 bits per heavy atom. The Labute approximate surface area is 119 Å². The molecule has 0 spiro atoms. The summed E-state index contributed by atoms with van der Waals surface area (Å²) in [5, 5.41) is 19.8. The molecule has 5 heteroatoms. The van der Waals surface area contributed by atoms with Crippen LogP contribution < -0.4 is 0 Å². The second kappa shape index (κ2) is 6.72. The molecule has 20 heavy (non-hydrogen) atoms. The van der Waals surface area contributed by atoms with Crippen LogP contribution in [-0.2, 0) is 11.3 Å². The van der Waals surface area contributed by atoms with Crippen molar-refractivity contribution in [2.45, 2.75) is 25.5 Å². The van der Waals surface area contributed by atoms with Gasteiger partial charge in [-0.05, 0) is 19.5 Å². The number of aliphatic hydroxyl groups is 1. The predicted molar refractivity (Wildman–Crippen MR) is 76.3 cm³/mol. The van der Waals surface area contributed by atoms with Crippen molar-refractivity contribution in [2.24, 2.45) is 0 Å². The van der Waals surface area contributed by atoms with Crippen LogP contribution in [0.1, 0.15) is 18.4 Å². The highest BCUT2D eigenvalue weighted by Crippen LogP contribution is 2.17. The SMILES string of the molecule is CN(Cc1ccccc1O)CC(O)CN1CCCC1=O. The van der Waals surface area contributed by atoms with Gasteiger partial charge in [0.25, 0.3) is 0 Å². The molecule has 0 radical (unpaired) electrons. The summed E-state index contributed by atoms with van der Waals surface area (Å²) in [6.07, 6.45) is 0.924. The van der Waals surface area contributed by atoms with Gasteiger partial charge >= 0.3 is 0 Å². The van der Waals surface area contributed by atoms with Gasteiger partial charge in [0.05, 0.1) is 6.10 Å². The van der Waals surface area contributed by atoms with E-state index in [9.17, 15) is 15.0 Å². The maximum Gasteiger partial charge on any atom is 0.222 e. The standard InChI is InChI=1S/C15H22N2O3/c1-16(9-12-5-2-3-6-14(12)19)10-13(18)11-17-8-4-7-15(17)20/h2-3,5-6,13,18-19H,4,7-11H2,1H3. The Morgan fingerprint density at radius 1 is 1.40 bits per heavy atom. The van der Waals surface area contributed by atoms with E-state index in [0.717, 1.165) is 18.5 Å². The summed E-state index contributed by atoms with van der Waals surface area (Å²) in [6.45, 7) is 2.18. The molecule has 5 nitrogen and oxygen atoms in total. The first kappa shape index (κ1) is 14.8. The topological polar surface area (TPSA) is 64.0 Å². The number of rotatable bonds is 6. The molecule has 0 saturated carbocycles. The molecule has 0 aromatic heterocycles. The van der Waals surface area contributed by atoms with E-state index in [1.54, 1.807) is 17.0 Å². The fraction of sp³-hybridized carbons (Fsp3) is 0.533. The van der Waals surface area contributed by atoms with Gasteiger partial charge in [0.15, 0.2) is 0 Å². The first-order valence-corrected chi connectivity index (χ1v) is 6.97. The van der Waals surface area contributed by atoms with Gasteiger partial charge in [0.1, 0.15) is 5.75 Å². The highest BCUT2D eigenvalue weighted by Gasteiger charge is 2.23. The lowest BCUT2D eigenvalue weighted by molar-refractivity contribution is -0.129. The maximum absolute atomic E-state index is 11.5. The number of carbonyl (C=O) groups is 1. The zero-order chi connectivity index (χ0) is 14.5. The third-order valence-electron chi connectivity index (χ3n) is 3.56. The number of benzene rings is 1. The minimum absolute atomic E-state index is 0.132. The molecule has 1 heterocycles. The average Bonchev–Trinajstić information content (AvgIpc) is 2.77. The summed E-state index contributed by atoms with van der Waals surface area (Å²) in [4.78, 5) is 15.2. The van der Waals surface area contributed by atoms with Crippen LogP contribution in [0.5, 0.6) is 5.75 Å². The van der Waals surface area contributed by atoms with Crippen LogP contribution in [0.3, 0.4) is 0 Å². The molecule has 1 amide bonds. The van der Waals surface area contributed by atoms with Crippen LogP contribution in [-0.4, -0.2) is 58.7 Å². The average molecular weight is 278 g/mol. The van der Waals surface area contributed by atoms with E-state index in [1.165, 1.54) is 0 Å². The maximum atomic E-state index is 11.5. The highest BCUT2D eigenvalue weighted by atomic mass is 16.3. The number of phenolic OH excluding ortho intramolecular Hbond substituents is 1. The fourth-order valence-corrected chi connectivity index (χ4v) is 2.57. The lowest BCUT2D eigenvalue weighted by Gasteiger charge is -2.24. The van der Waals surface area contributed by atoms with Gasteiger partial charge in [0, 0.05) is 38.2 Å². The molecule has 1 aromatic carbocycles. The van der Waals surface area contributed by atoms with E-state index in [1.807, 2.05) is 24.1 Å². The third-order valence-corrected chi connectivity index (χ3v) is 3.56. The molecule has 0 aliphatic carbocycles. The van der Waals surface area contributed by atoms with E-state index in [4.69, 9.17) is 0 Å². The summed E-state index contributed by atoms with van der Waals surface area (Å²) in [5.74, 6) is 0.399. The van der Waals surface area contributed by atoms with Crippen molar-refractivity contribution >= 4 is 5.91 Å². The van der Waals surface area contributed by atoms with Gasteiger partial charge in [-0.2, -0.15) is 0 Å². The number of hydrogen-bond acceptors (Lipinski definition) is 4. The van der Waals surface area contributed by atoms with Crippen molar-refractivity contribution in [1.82, 2.24) is 9.80 Å². The Bertz CT molecular complexity index is 464. The molecule has 2 N–H and O–H groups in total. The monoisotopic (exact) mass is 278 g/mol. The first-order valence-electron chi connectivity index (χ1n) is 6.97. The number of likely N-dealkylation sites (tertiary alicyclic amines) is 1. The third kappa shape index (κ3) is 3.95. The minimum atomic E-state index is -0.562. The molecule has 1 aromatic rings. The predicted octanol–water partition coefficient (Wildman–Crippen LogP) is 0.807. The van der Waals surface area contributed by atoms with Crippen LogP contribution >= 0.6 is 0 Å².